The van der Waals surface area contributed by atoms with Crippen molar-refractivity contribution in [3.63, 3.8) is 0 Å². The predicted octanol–water partition coefficient (Wildman–Crippen LogP) is 16.2. The Hall–Kier alpha value is -7.22. The number of furan rings is 1. The van der Waals surface area contributed by atoms with E-state index in [9.17, 15) is 0 Å². The summed E-state index contributed by atoms with van der Waals surface area (Å²) in [6.45, 7) is 0. The second-order valence-electron chi connectivity index (χ2n) is 15.8. The molecule has 1 nitrogen and oxygen atoms in total. The number of hydrogen-bond donors (Lipinski definition) is 0. The molecule has 2 heteroatoms. The Morgan fingerprint density at radius 3 is 1.33 bits per heavy atom. The van der Waals surface area contributed by atoms with E-state index >= 15 is 0 Å². The van der Waals surface area contributed by atoms with Crippen LogP contribution in [-0.2, 0) is 0 Å². The van der Waals surface area contributed by atoms with Crippen molar-refractivity contribution in [3.8, 4) is 44.5 Å². The SMILES string of the molecule is c1ccc(-c2c3ccccc3c(-c3cccc4c3[se]c3ccc(-c5c6ccccc6c(-c6cccc7c6oc6ccccc67)c6ccccc56)cc34)c3ccccc23)cc1. The molecular weight excluding hydrogens is 792 g/mol. The van der Waals surface area contributed by atoms with Crippen molar-refractivity contribution in [2.24, 2.45) is 0 Å². The first-order chi connectivity index (χ1) is 29.8. The van der Waals surface area contributed by atoms with Gasteiger partial charge in [-0.3, -0.25) is 0 Å². The minimum atomic E-state index is 0.138. The molecule has 0 atom stereocenters. The summed E-state index contributed by atoms with van der Waals surface area (Å²) in [7, 11) is 0. The first-order valence-corrected chi connectivity index (χ1v) is 22.3. The van der Waals surface area contributed by atoms with Crippen LogP contribution >= 0.6 is 0 Å². The Morgan fingerprint density at radius 2 is 0.733 bits per heavy atom. The van der Waals surface area contributed by atoms with Gasteiger partial charge in [-0.15, -0.1) is 0 Å². The first-order valence-electron chi connectivity index (χ1n) is 20.6. The quantitative estimate of drug-likeness (QED) is 0.127. The zero-order valence-corrected chi connectivity index (χ0v) is 34.2. The molecule has 0 saturated heterocycles. The van der Waals surface area contributed by atoms with Crippen LogP contribution in [-0.4, -0.2) is 14.5 Å². The summed E-state index contributed by atoms with van der Waals surface area (Å²) in [6, 6.07) is 76.0. The zero-order chi connectivity index (χ0) is 39.3. The van der Waals surface area contributed by atoms with Gasteiger partial charge in [-0.05, 0) is 6.07 Å². The average Bonchev–Trinajstić information content (AvgIpc) is 3.89. The van der Waals surface area contributed by atoms with Crippen molar-refractivity contribution < 1.29 is 4.42 Å². The maximum absolute atomic E-state index is 6.65. The fourth-order valence-corrected chi connectivity index (χ4v) is 12.7. The van der Waals surface area contributed by atoms with Crippen molar-refractivity contribution in [1.82, 2.24) is 0 Å². The van der Waals surface area contributed by atoms with E-state index in [-0.39, 0.29) is 14.5 Å². The molecule has 0 unspecified atom stereocenters. The van der Waals surface area contributed by atoms with Gasteiger partial charge in [0, 0.05) is 0 Å². The maximum atomic E-state index is 6.65. The van der Waals surface area contributed by atoms with Gasteiger partial charge in [-0.1, -0.05) is 18.2 Å². The minimum absolute atomic E-state index is 0.138. The van der Waals surface area contributed by atoms with E-state index in [4.69, 9.17) is 4.42 Å². The average molecular weight is 826 g/mol. The van der Waals surface area contributed by atoms with E-state index in [1.807, 2.05) is 6.07 Å². The van der Waals surface area contributed by atoms with E-state index in [1.165, 1.54) is 101 Å². The number of benzene rings is 11. The normalized spacial score (nSPS) is 12.0. The molecule has 13 rings (SSSR count). The zero-order valence-electron chi connectivity index (χ0n) is 32.4. The predicted molar refractivity (Wildman–Crippen MR) is 257 cm³/mol. The summed E-state index contributed by atoms with van der Waals surface area (Å²) >= 11 is 0.138. The second-order valence-corrected chi connectivity index (χ2v) is 18.0. The van der Waals surface area contributed by atoms with E-state index in [0.717, 1.165) is 27.5 Å². The van der Waals surface area contributed by atoms with Gasteiger partial charge in [-0.2, -0.15) is 0 Å². The van der Waals surface area contributed by atoms with Crippen LogP contribution < -0.4 is 0 Å². The van der Waals surface area contributed by atoms with Crippen molar-refractivity contribution in [3.05, 3.63) is 206 Å². The Balaban J connectivity index is 1.06. The van der Waals surface area contributed by atoms with Gasteiger partial charge in [0.25, 0.3) is 0 Å². The molecule has 0 bridgehead atoms. The number of fused-ring (bicyclic) bond motifs is 10. The first kappa shape index (κ1) is 33.7. The summed E-state index contributed by atoms with van der Waals surface area (Å²) in [4.78, 5) is 0. The van der Waals surface area contributed by atoms with Gasteiger partial charge in [0.05, 0.1) is 0 Å². The molecule has 0 spiro atoms. The van der Waals surface area contributed by atoms with Crippen LogP contribution in [0.1, 0.15) is 0 Å². The van der Waals surface area contributed by atoms with Gasteiger partial charge in [0.2, 0.25) is 0 Å². The fraction of sp³-hybridized carbons (Fsp3) is 0. The van der Waals surface area contributed by atoms with Crippen LogP contribution in [0.5, 0.6) is 0 Å². The topological polar surface area (TPSA) is 13.1 Å². The molecule has 0 amide bonds. The molecule has 0 N–H and O–H groups in total. The summed E-state index contributed by atoms with van der Waals surface area (Å²) in [5, 5.41) is 15.1. The van der Waals surface area contributed by atoms with Gasteiger partial charge in [-0.25, -0.2) is 0 Å². The Kier molecular flexibility index (Phi) is 7.39. The number of hydrogen-bond acceptors (Lipinski definition) is 1. The van der Waals surface area contributed by atoms with Crippen LogP contribution in [0.4, 0.5) is 0 Å². The van der Waals surface area contributed by atoms with E-state index < -0.39 is 0 Å². The number of rotatable bonds is 4. The van der Waals surface area contributed by atoms with Crippen molar-refractivity contribution in [2.45, 2.75) is 0 Å². The molecule has 11 aromatic carbocycles. The van der Waals surface area contributed by atoms with Crippen LogP contribution in [0.15, 0.2) is 211 Å². The molecule has 278 valence electrons. The molecule has 13 aromatic rings. The van der Waals surface area contributed by atoms with Gasteiger partial charge >= 0.3 is 330 Å². The van der Waals surface area contributed by atoms with Crippen LogP contribution in [0.25, 0.3) is 129 Å². The number of para-hydroxylation sites is 2. The van der Waals surface area contributed by atoms with E-state index in [1.54, 1.807) is 0 Å². The van der Waals surface area contributed by atoms with Crippen LogP contribution in [0, 0.1) is 0 Å². The van der Waals surface area contributed by atoms with Gasteiger partial charge in [0.1, 0.15) is 0 Å². The van der Waals surface area contributed by atoms with Crippen molar-refractivity contribution >= 4 is 98.8 Å². The molecule has 60 heavy (non-hydrogen) atoms. The fourth-order valence-electron chi connectivity index (χ4n) is 10.2. The molecule has 0 fully saturated rings. The molecule has 0 saturated carbocycles. The molecule has 0 aliphatic rings. The van der Waals surface area contributed by atoms with Gasteiger partial charge < -0.3 is 0 Å². The second kappa shape index (κ2) is 13.1. The van der Waals surface area contributed by atoms with Crippen LogP contribution in [0.2, 0.25) is 0 Å². The monoisotopic (exact) mass is 826 g/mol. The van der Waals surface area contributed by atoms with E-state index in [0.29, 0.717) is 0 Å². The standard InChI is InChI=1S/C58H34OSe/c1-2-16-35(17-3-1)53-38-19-4-10-25-44(38)56(45-26-11-5-20-39(45)53)49-30-15-28-47-50-34-36(32-33-52(50)60-58(47)49)54-40-21-6-8-23-42(40)55(43-24-9-7-22-41(43)54)48-29-14-27-46-37-18-12-13-31-51(37)59-57(46)48/h1-34H. The summed E-state index contributed by atoms with van der Waals surface area (Å²) < 4.78 is 9.55. The summed E-state index contributed by atoms with van der Waals surface area (Å²) in [5.74, 6) is 0. The Bertz CT molecular complexity index is 3770. The molecule has 0 radical (unpaired) electrons. The van der Waals surface area contributed by atoms with Crippen molar-refractivity contribution in [1.29, 1.82) is 0 Å². The molecule has 2 heterocycles. The summed E-state index contributed by atoms with van der Waals surface area (Å²) in [6.07, 6.45) is 0. The molecule has 0 aliphatic heterocycles. The molecular formula is C58H34OSe. The molecule has 2 aromatic heterocycles. The van der Waals surface area contributed by atoms with Gasteiger partial charge in [0.15, 0.2) is 0 Å². The third kappa shape index (κ3) is 4.87. The van der Waals surface area contributed by atoms with E-state index in [2.05, 4.69) is 200 Å². The summed E-state index contributed by atoms with van der Waals surface area (Å²) in [5.41, 5.74) is 11.9. The Labute approximate surface area is 352 Å². The molecule has 0 aliphatic carbocycles. The third-order valence-corrected chi connectivity index (χ3v) is 15.2. The van der Waals surface area contributed by atoms with Crippen LogP contribution in [0.3, 0.4) is 0 Å². The third-order valence-electron chi connectivity index (χ3n) is 12.7. The Morgan fingerprint density at radius 1 is 0.283 bits per heavy atom. The van der Waals surface area contributed by atoms with Crippen molar-refractivity contribution in [2.75, 3.05) is 0 Å².